The Morgan fingerprint density at radius 3 is 2.45 bits per heavy atom. The minimum atomic E-state index is -1.23. The fourth-order valence-corrected chi connectivity index (χ4v) is 4.93. The van der Waals surface area contributed by atoms with Gasteiger partial charge >= 0.3 is 6.09 Å². The number of carbonyl (C=O) groups excluding carboxylic acids is 1. The second kappa shape index (κ2) is 12.5. The van der Waals surface area contributed by atoms with E-state index in [0.717, 1.165) is 44.0 Å². The van der Waals surface area contributed by atoms with Crippen LogP contribution in [0.15, 0.2) is 48.5 Å². The average Bonchev–Trinajstić information content (AvgIpc) is 3.24. The van der Waals surface area contributed by atoms with Gasteiger partial charge in [-0.05, 0) is 43.1 Å². The van der Waals surface area contributed by atoms with Gasteiger partial charge in [0, 0.05) is 44.8 Å². The summed E-state index contributed by atoms with van der Waals surface area (Å²) < 4.78 is 6.39. The van der Waals surface area contributed by atoms with Crippen molar-refractivity contribution in [1.82, 2.24) is 20.4 Å². The van der Waals surface area contributed by atoms with E-state index in [1.165, 1.54) is 0 Å². The largest absolute Gasteiger partial charge is 0.465 e. The van der Waals surface area contributed by atoms with E-state index in [-0.39, 0.29) is 18.8 Å². The van der Waals surface area contributed by atoms with Crippen LogP contribution in [0, 0.1) is 5.92 Å². The zero-order valence-corrected chi connectivity index (χ0v) is 22.3. The Hall–Kier alpha value is -3.34. The van der Waals surface area contributed by atoms with E-state index in [9.17, 15) is 19.8 Å². The number of aliphatic hydroxyl groups excluding tert-OH is 1. The van der Waals surface area contributed by atoms with Crippen molar-refractivity contribution in [2.45, 2.75) is 38.8 Å². The number of ether oxygens (including phenoxy) is 1. The van der Waals surface area contributed by atoms with Crippen LogP contribution in [-0.2, 0) is 6.42 Å². The maximum Gasteiger partial charge on any atom is 0.404 e. The van der Waals surface area contributed by atoms with E-state index in [1.54, 1.807) is 12.1 Å². The summed E-state index contributed by atoms with van der Waals surface area (Å²) in [5.41, 5.74) is 2.27. The second-order valence-electron chi connectivity index (χ2n) is 10.5. The molecule has 3 atom stereocenters. The Balaban J connectivity index is 1.41. The van der Waals surface area contributed by atoms with Crippen LogP contribution in [0.4, 0.5) is 10.5 Å². The molecule has 206 valence electrons. The van der Waals surface area contributed by atoms with Crippen molar-refractivity contribution in [3.8, 4) is 5.75 Å². The fourth-order valence-electron chi connectivity index (χ4n) is 4.93. The Kier molecular flexibility index (Phi) is 9.09. The zero-order chi connectivity index (χ0) is 27.2. The molecule has 0 spiro atoms. The molecule has 10 heteroatoms. The molecular weight excluding hydrogens is 486 g/mol. The topological polar surface area (TPSA) is 118 Å². The van der Waals surface area contributed by atoms with Gasteiger partial charge in [0.15, 0.2) is 0 Å². The third-order valence-corrected chi connectivity index (χ3v) is 6.99. The SMILES string of the molecule is CC(C)CN1c2ccc(C(=O)NC[C@H](O)[C@H](Cc3ccccc3)NC(=O)O)cc2OC1N1CCN(C)CC1. The van der Waals surface area contributed by atoms with E-state index >= 15 is 0 Å². The monoisotopic (exact) mass is 525 g/mol. The van der Waals surface area contributed by atoms with Gasteiger partial charge in [0.05, 0.1) is 17.8 Å². The van der Waals surface area contributed by atoms with Crippen LogP contribution >= 0.6 is 0 Å². The Morgan fingerprint density at radius 1 is 1.08 bits per heavy atom. The molecule has 0 saturated carbocycles. The number of hydrogen-bond donors (Lipinski definition) is 4. The van der Waals surface area contributed by atoms with Gasteiger partial charge in [0.25, 0.3) is 5.91 Å². The van der Waals surface area contributed by atoms with Crippen molar-refractivity contribution < 1.29 is 24.5 Å². The number of hydrogen-bond acceptors (Lipinski definition) is 7. The minimum Gasteiger partial charge on any atom is -0.465 e. The van der Waals surface area contributed by atoms with Gasteiger partial charge in [-0.3, -0.25) is 4.79 Å². The number of carboxylic acid groups (broad SMARTS) is 1. The summed E-state index contributed by atoms with van der Waals surface area (Å²) in [5, 5.41) is 25.0. The number of nitrogens with zero attached hydrogens (tertiary/aromatic N) is 3. The van der Waals surface area contributed by atoms with Crippen molar-refractivity contribution in [3.05, 3.63) is 59.7 Å². The molecule has 2 heterocycles. The van der Waals surface area contributed by atoms with Crippen molar-refractivity contribution in [3.63, 3.8) is 0 Å². The lowest BCUT2D eigenvalue weighted by Crippen LogP contribution is -2.56. The summed E-state index contributed by atoms with van der Waals surface area (Å²) in [6, 6.07) is 14.0. The first-order valence-electron chi connectivity index (χ1n) is 13.2. The van der Waals surface area contributed by atoms with Gasteiger partial charge in [0.1, 0.15) is 5.75 Å². The van der Waals surface area contributed by atoms with Gasteiger partial charge < -0.3 is 35.4 Å². The number of piperazine rings is 1. The number of rotatable bonds is 10. The molecule has 2 aromatic rings. The van der Waals surface area contributed by atoms with Gasteiger partial charge in [0.2, 0.25) is 6.35 Å². The van der Waals surface area contributed by atoms with Crippen molar-refractivity contribution in [1.29, 1.82) is 0 Å². The highest BCUT2D eigenvalue weighted by Crippen LogP contribution is 2.39. The first kappa shape index (κ1) is 27.7. The molecule has 1 fully saturated rings. The highest BCUT2D eigenvalue weighted by atomic mass is 16.5. The molecule has 4 rings (SSSR count). The van der Waals surface area contributed by atoms with Gasteiger partial charge in [-0.15, -0.1) is 0 Å². The number of aliphatic hydroxyl groups is 1. The molecule has 2 aliphatic rings. The normalized spacial score (nSPS) is 19.5. The molecule has 0 radical (unpaired) electrons. The third-order valence-electron chi connectivity index (χ3n) is 6.99. The summed E-state index contributed by atoms with van der Waals surface area (Å²) in [7, 11) is 2.12. The number of amides is 2. The summed E-state index contributed by atoms with van der Waals surface area (Å²) >= 11 is 0. The number of fused-ring (bicyclic) bond motifs is 1. The fraction of sp³-hybridized carbons (Fsp3) is 0.500. The zero-order valence-electron chi connectivity index (χ0n) is 22.3. The molecule has 2 aromatic carbocycles. The van der Waals surface area contributed by atoms with Crippen molar-refractivity contribution in [2.24, 2.45) is 5.92 Å². The number of carbonyl (C=O) groups is 2. The van der Waals surface area contributed by atoms with E-state index in [0.29, 0.717) is 23.7 Å². The molecule has 4 N–H and O–H groups in total. The van der Waals surface area contributed by atoms with E-state index < -0.39 is 18.2 Å². The molecule has 0 aliphatic carbocycles. The van der Waals surface area contributed by atoms with Crippen LogP contribution in [0.5, 0.6) is 5.75 Å². The standard InChI is InChI=1S/C28H39N5O5/c1-19(2)18-33-23-10-9-21(16-25(23)38-28(33)32-13-11-31(3)12-14-32)26(35)29-17-24(34)22(30-27(36)37)15-20-7-5-4-6-8-20/h4-10,16,19,22,24,28,30,34H,11-15,17-18H2,1-3H3,(H,29,35)(H,36,37)/t22-,24-,28?/m0/s1. The van der Waals surface area contributed by atoms with Crippen LogP contribution in [0.1, 0.15) is 29.8 Å². The smallest absolute Gasteiger partial charge is 0.404 e. The molecule has 1 saturated heterocycles. The van der Waals surface area contributed by atoms with E-state index in [4.69, 9.17) is 4.74 Å². The lowest BCUT2D eigenvalue weighted by molar-refractivity contribution is 0.00636. The van der Waals surface area contributed by atoms with Crippen molar-refractivity contribution >= 4 is 17.7 Å². The van der Waals surface area contributed by atoms with Crippen LogP contribution in [0.25, 0.3) is 0 Å². The Bertz CT molecular complexity index is 1090. The average molecular weight is 526 g/mol. The highest BCUT2D eigenvalue weighted by molar-refractivity contribution is 5.95. The van der Waals surface area contributed by atoms with Crippen LogP contribution in [-0.4, -0.2) is 96.8 Å². The van der Waals surface area contributed by atoms with Crippen LogP contribution in [0.3, 0.4) is 0 Å². The number of benzene rings is 2. The van der Waals surface area contributed by atoms with Crippen molar-refractivity contribution in [2.75, 3.05) is 51.2 Å². The van der Waals surface area contributed by atoms with E-state index in [1.807, 2.05) is 36.4 Å². The van der Waals surface area contributed by atoms with Gasteiger partial charge in [-0.2, -0.15) is 0 Å². The van der Waals surface area contributed by atoms with Gasteiger partial charge in [-0.1, -0.05) is 44.2 Å². The van der Waals surface area contributed by atoms with Gasteiger partial charge in [-0.25, -0.2) is 9.69 Å². The molecular formula is C28H39N5O5. The summed E-state index contributed by atoms with van der Waals surface area (Å²) in [4.78, 5) is 31.2. The molecule has 2 amide bonds. The highest BCUT2D eigenvalue weighted by Gasteiger charge is 2.37. The van der Waals surface area contributed by atoms with E-state index in [2.05, 4.69) is 46.2 Å². The molecule has 10 nitrogen and oxygen atoms in total. The summed E-state index contributed by atoms with van der Waals surface area (Å²) in [6.45, 7) is 8.85. The van der Waals surface area contributed by atoms with Crippen LogP contribution < -0.4 is 20.3 Å². The Morgan fingerprint density at radius 2 is 1.79 bits per heavy atom. The predicted molar refractivity (Wildman–Crippen MR) is 146 cm³/mol. The maximum atomic E-state index is 13.0. The quantitative estimate of drug-likeness (QED) is 0.372. The molecule has 0 aromatic heterocycles. The third kappa shape index (κ3) is 6.94. The lowest BCUT2D eigenvalue weighted by Gasteiger charge is -2.39. The molecule has 1 unspecified atom stereocenters. The number of likely N-dealkylation sites (N-methyl/N-ethyl adjacent to an activating group) is 1. The summed E-state index contributed by atoms with van der Waals surface area (Å²) in [5.74, 6) is 0.743. The maximum absolute atomic E-state index is 13.0. The molecule has 38 heavy (non-hydrogen) atoms. The molecule has 2 aliphatic heterocycles. The Labute approximate surface area is 224 Å². The summed E-state index contributed by atoms with van der Waals surface area (Å²) in [6.07, 6.45) is -2.24. The first-order chi connectivity index (χ1) is 18.2. The lowest BCUT2D eigenvalue weighted by atomic mass is 10.0. The first-order valence-corrected chi connectivity index (χ1v) is 13.2. The predicted octanol–water partition coefficient (Wildman–Crippen LogP) is 2.04. The number of anilines is 1. The number of nitrogens with one attached hydrogen (secondary N) is 2. The van der Waals surface area contributed by atoms with Crippen LogP contribution in [0.2, 0.25) is 0 Å². The second-order valence-corrected chi connectivity index (χ2v) is 10.5. The minimum absolute atomic E-state index is 0.0993. The molecule has 0 bridgehead atoms.